The summed E-state index contributed by atoms with van der Waals surface area (Å²) in [5, 5.41) is 1.59. The van der Waals surface area contributed by atoms with Crippen LogP contribution in [0.25, 0.3) is 16.9 Å². The predicted octanol–water partition coefficient (Wildman–Crippen LogP) is 6.23. The molecule has 5 rings (SSSR count). The van der Waals surface area contributed by atoms with Crippen LogP contribution in [0.2, 0.25) is 0 Å². The van der Waals surface area contributed by atoms with Gasteiger partial charge in [-0.25, -0.2) is 0 Å². The van der Waals surface area contributed by atoms with Gasteiger partial charge in [0.1, 0.15) is 11.5 Å². The summed E-state index contributed by atoms with van der Waals surface area (Å²) in [5.74, 6) is 1.83. The third kappa shape index (κ3) is 9.31. The molecule has 3 nitrogen and oxygen atoms in total. The number of benzene rings is 3. The zero-order valence-electron chi connectivity index (χ0n) is 23.9. The van der Waals surface area contributed by atoms with Crippen LogP contribution in [0.15, 0.2) is 66.7 Å². The molecular weight excluding hydrogens is 627 g/mol. The number of hydrogen-bond donors (Lipinski definition) is 0. The molecule has 6 heteroatoms. The van der Waals surface area contributed by atoms with Gasteiger partial charge in [-0.3, -0.25) is 0 Å². The average Bonchev–Trinajstić information content (AvgIpc) is 2.99. The van der Waals surface area contributed by atoms with Gasteiger partial charge < -0.3 is 27.6 Å². The summed E-state index contributed by atoms with van der Waals surface area (Å²) in [6, 6.07) is 26.2. The number of rotatable bonds is 8. The Morgan fingerprint density at radius 3 is 1.80 bits per heavy atom. The second-order valence-corrected chi connectivity index (χ2v) is 13.2. The fraction of sp³-hybridized carbons (Fsp3) is 0.471. The Morgan fingerprint density at radius 2 is 1.30 bits per heavy atom. The van der Waals surface area contributed by atoms with Crippen molar-refractivity contribution in [3.8, 4) is 22.6 Å². The first kappa shape index (κ1) is 34.8. The fourth-order valence-corrected chi connectivity index (χ4v) is 10.1. The number of ether oxygens (including phenoxy) is 2. The van der Waals surface area contributed by atoms with Crippen molar-refractivity contribution in [1.82, 2.24) is 0 Å². The summed E-state index contributed by atoms with van der Waals surface area (Å²) < 4.78 is 11.6. The summed E-state index contributed by atoms with van der Waals surface area (Å²) in [5.41, 5.74) is 12.3. The molecule has 0 spiro atoms. The summed E-state index contributed by atoms with van der Waals surface area (Å²) in [6.45, 7) is 0.459. The van der Waals surface area contributed by atoms with Crippen molar-refractivity contribution in [2.45, 2.75) is 81.9 Å². The van der Waals surface area contributed by atoms with Crippen LogP contribution in [0.5, 0.6) is 11.5 Å². The van der Waals surface area contributed by atoms with Gasteiger partial charge in [0.2, 0.25) is 0 Å². The molecule has 1 N–H and O–H groups in total. The Labute approximate surface area is 263 Å². The van der Waals surface area contributed by atoms with Crippen LogP contribution in [0.3, 0.4) is 0 Å². The molecule has 219 valence electrons. The van der Waals surface area contributed by atoms with Crippen molar-refractivity contribution in [2.24, 2.45) is 0 Å². The standard InChI is InChI=1S/C26H35O2P.C8H9N.ClH.Pd/c1-27-23-17-11-18-24(28-2)26(23)22-16-9-10-19-25(22)29(20-12-5-3-6-13-20)21-14-7-4-8-15-21;9-7-6-8-4-2-1-3-5-8;;/h9-11,16-21H,3-8,12-15H2,1-2H3;1-4,9H,6-7H2;1H;/q;-1;;+2/p-1. The van der Waals surface area contributed by atoms with E-state index < -0.39 is 0 Å². The van der Waals surface area contributed by atoms with E-state index in [1.165, 1.54) is 69.8 Å². The minimum atomic E-state index is -0.182. The third-order valence-electron chi connectivity index (χ3n) is 7.98. The Morgan fingerprint density at radius 1 is 0.750 bits per heavy atom. The van der Waals surface area contributed by atoms with Crippen molar-refractivity contribution < 1.29 is 42.3 Å². The van der Waals surface area contributed by atoms with E-state index >= 15 is 0 Å². The van der Waals surface area contributed by atoms with Gasteiger partial charge in [0.25, 0.3) is 0 Å². The SMILES string of the molecule is COc1cccc(OC)c1-c1ccccc1P(C1CCCCC1)C1CCCCC1.[Cl-].[NH-]CCc1[c]cccc1.[Pd+2]. The monoisotopic (exact) mass is 670 g/mol. The van der Waals surface area contributed by atoms with Gasteiger partial charge in [-0.05, 0) is 78.1 Å². The molecule has 0 amide bonds. The smallest absolute Gasteiger partial charge is 1.00 e. The molecule has 2 saturated carbocycles. The van der Waals surface area contributed by atoms with Gasteiger partial charge >= 0.3 is 20.4 Å². The molecule has 0 atom stereocenters. The summed E-state index contributed by atoms with van der Waals surface area (Å²) in [4.78, 5) is 0. The molecule has 3 aromatic rings. The zero-order chi connectivity index (χ0) is 26.6. The first-order valence-electron chi connectivity index (χ1n) is 14.5. The Balaban J connectivity index is 0.000000437. The molecule has 0 aromatic heterocycles. The maximum absolute atomic E-state index is 6.92. The van der Waals surface area contributed by atoms with E-state index in [-0.39, 0.29) is 40.8 Å². The van der Waals surface area contributed by atoms with Gasteiger partial charge in [-0.2, -0.15) is 0 Å². The summed E-state index contributed by atoms with van der Waals surface area (Å²) in [6.07, 6.45) is 15.0. The van der Waals surface area contributed by atoms with Crippen LogP contribution in [0.4, 0.5) is 0 Å². The second kappa shape index (κ2) is 18.9. The molecule has 2 aliphatic rings. The number of hydrogen-bond acceptors (Lipinski definition) is 2. The normalized spacial score (nSPS) is 15.7. The quantitative estimate of drug-likeness (QED) is 0.211. The van der Waals surface area contributed by atoms with Gasteiger partial charge in [0.15, 0.2) is 0 Å². The van der Waals surface area contributed by atoms with Crippen molar-refractivity contribution >= 4 is 13.2 Å². The largest absolute Gasteiger partial charge is 2.00 e. The van der Waals surface area contributed by atoms with E-state index in [1.54, 1.807) is 19.5 Å². The topological polar surface area (TPSA) is 42.3 Å². The minimum Gasteiger partial charge on any atom is -1.00 e. The van der Waals surface area contributed by atoms with E-state index in [2.05, 4.69) is 42.5 Å². The summed E-state index contributed by atoms with van der Waals surface area (Å²) in [7, 11) is 3.36. The average molecular weight is 672 g/mol. The molecule has 2 fully saturated rings. The van der Waals surface area contributed by atoms with Gasteiger partial charge in [-0.1, -0.05) is 101 Å². The second-order valence-electron chi connectivity index (χ2n) is 10.4. The molecule has 1 radical (unpaired) electrons. The maximum atomic E-state index is 6.92. The minimum absolute atomic E-state index is 0. The third-order valence-corrected chi connectivity index (χ3v) is 11.5. The van der Waals surface area contributed by atoms with E-state index in [9.17, 15) is 0 Å². The first-order valence-corrected chi connectivity index (χ1v) is 15.9. The van der Waals surface area contributed by atoms with Crippen molar-refractivity contribution in [2.75, 3.05) is 20.8 Å². The Hall–Kier alpha value is -1.40. The number of halogens is 1. The number of nitrogens with one attached hydrogen (secondary N) is 1. The van der Waals surface area contributed by atoms with Gasteiger partial charge in [0, 0.05) is 0 Å². The molecule has 0 bridgehead atoms. The van der Waals surface area contributed by atoms with Crippen molar-refractivity contribution in [3.05, 3.63) is 84.1 Å². The van der Waals surface area contributed by atoms with E-state index in [4.69, 9.17) is 15.2 Å². The molecule has 40 heavy (non-hydrogen) atoms. The van der Waals surface area contributed by atoms with Gasteiger partial charge in [0.05, 0.1) is 19.8 Å². The molecule has 0 heterocycles. The van der Waals surface area contributed by atoms with Crippen molar-refractivity contribution in [3.63, 3.8) is 0 Å². The van der Waals surface area contributed by atoms with Crippen molar-refractivity contribution in [1.29, 1.82) is 0 Å². The first-order chi connectivity index (χ1) is 18.8. The molecule has 0 unspecified atom stereocenters. The molecule has 0 aliphatic heterocycles. The maximum Gasteiger partial charge on any atom is 2.00 e. The fourth-order valence-electron chi connectivity index (χ4n) is 6.16. The van der Waals surface area contributed by atoms with E-state index in [0.717, 1.165) is 40.4 Å². The molecule has 3 aromatic carbocycles. The van der Waals surface area contributed by atoms with E-state index in [1.807, 2.05) is 30.3 Å². The zero-order valence-corrected chi connectivity index (χ0v) is 27.2. The Bertz CT molecular complexity index is 1060. The van der Waals surface area contributed by atoms with Crippen LogP contribution in [-0.4, -0.2) is 32.1 Å². The predicted molar refractivity (Wildman–Crippen MR) is 163 cm³/mol. The van der Waals surface area contributed by atoms with Gasteiger partial charge in [-0.15, -0.1) is 6.54 Å². The van der Waals surface area contributed by atoms with Crippen LogP contribution >= 0.6 is 7.92 Å². The summed E-state index contributed by atoms with van der Waals surface area (Å²) >= 11 is 0. The number of methoxy groups -OCH3 is 2. The molecular formula is C34H44ClNO2PPd. The van der Waals surface area contributed by atoms with Crippen LogP contribution in [0, 0.1) is 6.07 Å². The van der Waals surface area contributed by atoms with Crippen LogP contribution in [-0.2, 0) is 26.8 Å². The van der Waals surface area contributed by atoms with E-state index in [0.29, 0.717) is 6.54 Å². The Kier molecular flexibility index (Phi) is 16.5. The van der Waals surface area contributed by atoms with Crippen LogP contribution < -0.4 is 27.2 Å². The molecule has 2 aliphatic carbocycles. The van der Waals surface area contributed by atoms with Crippen LogP contribution in [0.1, 0.15) is 69.8 Å². The molecule has 0 saturated heterocycles.